The van der Waals surface area contributed by atoms with E-state index in [1.54, 1.807) is 6.20 Å². The van der Waals surface area contributed by atoms with Crippen LogP contribution in [-0.4, -0.2) is 48.5 Å². The second-order valence-electron chi connectivity index (χ2n) is 6.72. The Bertz CT molecular complexity index is 518. The normalized spacial score (nSPS) is 21.2. The summed E-state index contributed by atoms with van der Waals surface area (Å²) in [6.45, 7) is 6.68. The fourth-order valence-electron chi connectivity index (χ4n) is 3.33. The van der Waals surface area contributed by atoms with E-state index < -0.39 is 0 Å². The summed E-state index contributed by atoms with van der Waals surface area (Å²) in [5.41, 5.74) is 6.38. The lowest BCUT2D eigenvalue weighted by atomic mass is 9.99. The predicted octanol–water partition coefficient (Wildman–Crippen LogP) is 2.58. The summed E-state index contributed by atoms with van der Waals surface area (Å²) in [6, 6.07) is 3.90. The number of hydrogen-bond acceptors (Lipinski definition) is 4. The van der Waals surface area contributed by atoms with E-state index in [9.17, 15) is 4.79 Å². The van der Waals surface area contributed by atoms with E-state index in [1.807, 2.05) is 17.0 Å². The van der Waals surface area contributed by atoms with Gasteiger partial charge in [-0.3, -0.25) is 4.79 Å². The van der Waals surface area contributed by atoms with Crippen molar-refractivity contribution in [2.24, 2.45) is 17.6 Å². The standard InChI is InChI=1S/C17H26N4O.2ClH/c1-13-4-7-20(8-5-13)16-3-2-15(11-19-16)17(22)21-9-6-14(10-18)12-21;;/h2-3,11,13-14H,4-10,12,18H2,1H3;2*1H. The topological polar surface area (TPSA) is 62.5 Å². The summed E-state index contributed by atoms with van der Waals surface area (Å²) >= 11 is 0. The molecule has 2 aliphatic rings. The Balaban J connectivity index is 0.00000144. The van der Waals surface area contributed by atoms with Gasteiger partial charge in [-0.25, -0.2) is 4.98 Å². The molecule has 1 aromatic rings. The van der Waals surface area contributed by atoms with Crippen molar-refractivity contribution in [2.45, 2.75) is 26.2 Å². The van der Waals surface area contributed by atoms with E-state index in [0.29, 0.717) is 18.0 Å². The second-order valence-corrected chi connectivity index (χ2v) is 6.72. The molecule has 0 saturated carbocycles. The van der Waals surface area contributed by atoms with Gasteiger partial charge in [0, 0.05) is 32.4 Å². The molecule has 1 aromatic heterocycles. The number of nitrogens with two attached hydrogens (primary N) is 1. The highest BCUT2D eigenvalue weighted by atomic mass is 35.5. The second kappa shape index (κ2) is 9.44. The zero-order valence-corrected chi connectivity index (χ0v) is 15.8. The van der Waals surface area contributed by atoms with Crippen molar-refractivity contribution in [3.8, 4) is 0 Å². The van der Waals surface area contributed by atoms with E-state index in [1.165, 1.54) is 12.8 Å². The maximum atomic E-state index is 12.5. The first-order valence-corrected chi connectivity index (χ1v) is 8.37. The Hall–Kier alpha value is -1.04. The SMILES string of the molecule is CC1CCN(c2ccc(C(=O)N3CCC(CN)C3)cn2)CC1.Cl.Cl. The van der Waals surface area contributed by atoms with Gasteiger partial charge in [0.1, 0.15) is 5.82 Å². The van der Waals surface area contributed by atoms with Crippen molar-refractivity contribution in [1.29, 1.82) is 0 Å². The minimum Gasteiger partial charge on any atom is -0.357 e. The van der Waals surface area contributed by atoms with E-state index in [0.717, 1.165) is 44.3 Å². The van der Waals surface area contributed by atoms with E-state index >= 15 is 0 Å². The third-order valence-electron chi connectivity index (χ3n) is 5.01. The molecule has 2 N–H and O–H groups in total. The Labute approximate surface area is 156 Å². The number of hydrogen-bond donors (Lipinski definition) is 1. The number of pyridine rings is 1. The van der Waals surface area contributed by atoms with Gasteiger partial charge in [0.15, 0.2) is 0 Å². The van der Waals surface area contributed by atoms with Crippen LogP contribution in [0.2, 0.25) is 0 Å². The quantitative estimate of drug-likeness (QED) is 0.882. The van der Waals surface area contributed by atoms with E-state index in [2.05, 4.69) is 16.8 Å². The average Bonchev–Trinajstić information content (AvgIpc) is 3.04. The number of aromatic nitrogens is 1. The smallest absolute Gasteiger partial charge is 0.255 e. The number of halogens is 2. The number of nitrogens with zero attached hydrogens (tertiary/aromatic N) is 3. The number of likely N-dealkylation sites (tertiary alicyclic amines) is 1. The molecule has 0 radical (unpaired) electrons. The lowest BCUT2D eigenvalue weighted by molar-refractivity contribution is 0.0787. The highest BCUT2D eigenvalue weighted by Crippen LogP contribution is 2.22. The maximum Gasteiger partial charge on any atom is 0.255 e. The highest BCUT2D eigenvalue weighted by molar-refractivity contribution is 5.94. The maximum absolute atomic E-state index is 12.5. The molecule has 24 heavy (non-hydrogen) atoms. The fraction of sp³-hybridized carbons (Fsp3) is 0.647. The summed E-state index contributed by atoms with van der Waals surface area (Å²) in [5.74, 6) is 2.33. The number of carbonyl (C=O) groups is 1. The van der Waals surface area contributed by atoms with Gasteiger partial charge < -0.3 is 15.5 Å². The molecule has 0 spiro atoms. The molecule has 1 atom stereocenters. The molecule has 1 amide bonds. The molecule has 3 heterocycles. The minimum absolute atomic E-state index is 0. The van der Waals surface area contributed by atoms with Crippen molar-refractivity contribution in [1.82, 2.24) is 9.88 Å². The van der Waals surface area contributed by atoms with E-state index in [4.69, 9.17) is 5.73 Å². The first-order chi connectivity index (χ1) is 10.7. The van der Waals surface area contributed by atoms with Crippen LogP contribution in [0.4, 0.5) is 5.82 Å². The van der Waals surface area contributed by atoms with Gasteiger partial charge in [-0.15, -0.1) is 24.8 Å². The van der Waals surface area contributed by atoms with Crippen molar-refractivity contribution in [3.63, 3.8) is 0 Å². The third kappa shape index (κ3) is 4.74. The van der Waals surface area contributed by atoms with Crippen molar-refractivity contribution >= 4 is 36.5 Å². The summed E-state index contributed by atoms with van der Waals surface area (Å²) in [7, 11) is 0. The molecule has 7 heteroatoms. The molecule has 3 rings (SSSR count). The fourth-order valence-corrected chi connectivity index (χ4v) is 3.33. The van der Waals surface area contributed by atoms with Crippen LogP contribution in [0.5, 0.6) is 0 Å². The Morgan fingerprint density at radius 1 is 1.21 bits per heavy atom. The summed E-state index contributed by atoms with van der Waals surface area (Å²) in [4.78, 5) is 21.2. The van der Waals surface area contributed by atoms with Crippen LogP contribution >= 0.6 is 24.8 Å². The molecule has 136 valence electrons. The Morgan fingerprint density at radius 3 is 2.46 bits per heavy atom. The van der Waals surface area contributed by atoms with Crippen LogP contribution in [0.3, 0.4) is 0 Å². The van der Waals surface area contributed by atoms with Crippen LogP contribution in [0.25, 0.3) is 0 Å². The number of carbonyl (C=O) groups excluding carboxylic acids is 1. The minimum atomic E-state index is 0. The van der Waals surface area contributed by atoms with Gasteiger partial charge in [0.25, 0.3) is 5.91 Å². The van der Waals surface area contributed by atoms with Gasteiger partial charge in [-0.2, -0.15) is 0 Å². The zero-order valence-electron chi connectivity index (χ0n) is 14.2. The van der Waals surface area contributed by atoms with Crippen LogP contribution in [0.15, 0.2) is 18.3 Å². The van der Waals surface area contributed by atoms with Crippen LogP contribution < -0.4 is 10.6 Å². The first kappa shape index (κ1) is 21.0. The van der Waals surface area contributed by atoms with Crippen LogP contribution in [-0.2, 0) is 0 Å². The lowest BCUT2D eigenvalue weighted by Crippen LogP contribution is -2.33. The summed E-state index contributed by atoms with van der Waals surface area (Å²) in [6.07, 6.45) is 5.18. The summed E-state index contributed by atoms with van der Waals surface area (Å²) < 4.78 is 0. The van der Waals surface area contributed by atoms with Gasteiger partial charge >= 0.3 is 0 Å². The van der Waals surface area contributed by atoms with Crippen LogP contribution in [0.1, 0.15) is 36.5 Å². The Morgan fingerprint density at radius 2 is 1.92 bits per heavy atom. The predicted molar refractivity (Wildman–Crippen MR) is 102 cm³/mol. The average molecular weight is 375 g/mol. The van der Waals surface area contributed by atoms with Gasteiger partial charge in [0.05, 0.1) is 5.56 Å². The molecule has 2 fully saturated rings. The molecule has 0 aromatic carbocycles. The van der Waals surface area contributed by atoms with Gasteiger partial charge in [0.2, 0.25) is 0 Å². The first-order valence-electron chi connectivity index (χ1n) is 8.37. The number of piperidine rings is 1. The van der Waals surface area contributed by atoms with Crippen molar-refractivity contribution in [2.75, 3.05) is 37.6 Å². The molecule has 0 bridgehead atoms. The third-order valence-corrected chi connectivity index (χ3v) is 5.01. The van der Waals surface area contributed by atoms with Gasteiger partial charge in [-0.05, 0) is 49.8 Å². The number of rotatable bonds is 3. The zero-order chi connectivity index (χ0) is 15.5. The molecule has 0 aliphatic carbocycles. The Kier molecular flexibility index (Phi) is 8.27. The van der Waals surface area contributed by atoms with Crippen LogP contribution in [0, 0.1) is 11.8 Å². The highest BCUT2D eigenvalue weighted by Gasteiger charge is 2.26. The molecule has 2 saturated heterocycles. The largest absolute Gasteiger partial charge is 0.357 e. The van der Waals surface area contributed by atoms with Crippen molar-refractivity contribution < 1.29 is 4.79 Å². The van der Waals surface area contributed by atoms with E-state index in [-0.39, 0.29) is 30.7 Å². The lowest BCUT2D eigenvalue weighted by Gasteiger charge is -2.31. The van der Waals surface area contributed by atoms with Gasteiger partial charge in [-0.1, -0.05) is 6.92 Å². The summed E-state index contributed by atoms with van der Waals surface area (Å²) in [5, 5.41) is 0. The molecular formula is C17H28Cl2N4O. The molecular weight excluding hydrogens is 347 g/mol. The number of amides is 1. The monoisotopic (exact) mass is 374 g/mol. The van der Waals surface area contributed by atoms with Crippen molar-refractivity contribution in [3.05, 3.63) is 23.9 Å². The molecule has 2 aliphatic heterocycles. The molecule has 1 unspecified atom stereocenters. The molecule has 5 nitrogen and oxygen atoms in total. The number of anilines is 1.